The molecule has 0 unspecified atom stereocenters. The molecule has 0 aliphatic rings. The van der Waals surface area contributed by atoms with Gasteiger partial charge in [-0.3, -0.25) is 0 Å². The van der Waals surface area contributed by atoms with E-state index in [1.54, 1.807) is 61.7 Å². The highest BCUT2D eigenvalue weighted by atomic mass is 35.5. The van der Waals surface area contributed by atoms with Gasteiger partial charge in [-0.2, -0.15) is 9.36 Å². The Morgan fingerprint density at radius 2 is 1.75 bits per heavy atom. The lowest BCUT2D eigenvalue weighted by atomic mass is 10.1. The van der Waals surface area contributed by atoms with Crippen LogP contribution in [-0.4, -0.2) is 40.0 Å². The normalized spacial score (nSPS) is 11.3. The number of hydrogen-bond donors (Lipinski definition) is 0. The molecule has 0 saturated heterocycles. The highest BCUT2D eigenvalue weighted by molar-refractivity contribution is 6.30. The van der Waals surface area contributed by atoms with Crippen molar-refractivity contribution >= 4 is 23.6 Å². The van der Waals surface area contributed by atoms with E-state index in [9.17, 15) is 9.59 Å². The second-order valence-corrected chi connectivity index (χ2v) is 6.18. The largest absolute Gasteiger partial charge is 0.497 e. The monoisotopic (exact) mass is 400 g/mol. The van der Waals surface area contributed by atoms with Gasteiger partial charge in [0.15, 0.2) is 0 Å². The van der Waals surface area contributed by atoms with Gasteiger partial charge in [-0.25, -0.2) is 9.59 Å². The zero-order chi connectivity index (χ0) is 20.1. The van der Waals surface area contributed by atoms with Crippen LogP contribution in [0.15, 0.2) is 58.9 Å². The van der Waals surface area contributed by atoms with Crippen LogP contribution in [0.25, 0.3) is 11.8 Å². The molecule has 0 spiro atoms. The molecule has 0 aliphatic carbocycles. The van der Waals surface area contributed by atoms with Crippen LogP contribution in [-0.2, 0) is 16.1 Å². The van der Waals surface area contributed by atoms with Gasteiger partial charge < -0.3 is 9.47 Å². The topological polar surface area (TPSA) is 88.2 Å². The summed E-state index contributed by atoms with van der Waals surface area (Å²) in [7, 11) is 2.83. The predicted molar refractivity (Wildman–Crippen MR) is 104 cm³/mol. The van der Waals surface area contributed by atoms with Gasteiger partial charge in [0.1, 0.15) is 5.75 Å². The van der Waals surface area contributed by atoms with E-state index in [1.807, 2.05) is 0 Å². The summed E-state index contributed by atoms with van der Waals surface area (Å²) in [5.41, 5.74) is 1.02. The SMILES string of the molecule is COC(=O)/C(=C/c1ccc(Cl)cc1)Cn1nnn(-c2ccc(OC)cc2)c1=O. The molecular formula is C19H17ClN4O4. The molecule has 1 aromatic heterocycles. The molecule has 0 aliphatic heterocycles. The molecular weight excluding hydrogens is 384 g/mol. The fraction of sp³-hybridized carbons (Fsp3) is 0.158. The van der Waals surface area contributed by atoms with Crippen molar-refractivity contribution in [3.8, 4) is 11.4 Å². The van der Waals surface area contributed by atoms with Crippen molar-refractivity contribution in [2.24, 2.45) is 0 Å². The Hall–Kier alpha value is -3.39. The van der Waals surface area contributed by atoms with Gasteiger partial charge in [-0.15, -0.1) is 0 Å². The highest BCUT2D eigenvalue weighted by Gasteiger charge is 2.16. The Kier molecular flexibility index (Phi) is 5.90. The van der Waals surface area contributed by atoms with E-state index >= 15 is 0 Å². The number of benzene rings is 2. The van der Waals surface area contributed by atoms with Crippen molar-refractivity contribution in [3.05, 3.63) is 75.2 Å². The number of aromatic nitrogens is 4. The predicted octanol–water partition coefficient (Wildman–Crippen LogP) is 2.35. The molecule has 28 heavy (non-hydrogen) atoms. The number of hydrogen-bond acceptors (Lipinski definition) is 6. The Labute approximate surface area is 165 Å². The van der Waals surface area contributed by atoms with E-state index in [0.29, 0.717) is 16.5 Å². The number of methoxy groups -OCH3 is 2. The van der Waals surface area contributed by atoms with Gasteiger partial charge in [0.05, 0.1) is 32.0 Å². The van der Waals surface area contributed by atoms with E-state index in [0.717, 1.165) is 14.9 Å². The smallest absolute Gasteiger partial charge is 0.368 e. The van der Waals surface area contributed by atoms with Crippen molar-refractivity contribution in [2.45, 2.75) is 6.54 Å². The zero-order valence-electron chi connectivity index (χ0n) is 15.2. The average molecular weight is 401 g/mol. The van der Waals surface area contributed by atoms with Gasteiger partial charge in [0, 0.05) is 5.02 Å². The van der Waals surface area contributed by atoms with E-state index < -0.39 is 11.7 Å². The lowest BCUT2D eigenvalue weighted by Gasteiger charge is -2.05. The molecule has 0 saturated carbocycles. The first kappa shape index (κ1) is 19.4. The lowest BCUT2D eigenvalue weighted by Crippen LogP contribution is -2.26. The average Bonchev–Trinajstić information content (AvgIpc) is 3.08. The van der Waals surface area contributed by atoms with Gasteiger partial charge in [-0.05, 0) is 58.5 Å². The Morgan fingerprint density at radius 1 is 1.07 bits per heavy atom. The molecule has 8 nitrogen and oxygen atoms in total. The maximum atomic E-state index is 12.6. The first-order valence-corrected chi connectivity index (χ1v) is 8.61. The van der Waals surface area contributed by atoms with Gasteiger partial charge in [0.25, 0.3) is 0 Å². The van der Waals surface area contributed by atoms with Crippen molar-refractivity contribution in [1.82, 2.24) is 19.8 Å². The fourth-order valence-corrected chi connectivity index (χ4v) is 2.61. The first-order chi connectivity index (χ1) is 13.5. The minimum Gasteiger partial charge on any atom is -0.497 e. The number of halogens is 1. The molecule has 0 radical (unpaired) electrons. The standard InChI is InChI=1S/C19H17ClN4O4/c1-27-17-9-7-16(8-10-17)24-19(26)23(21-22-24)12-14(18(25)28-2)11-13-3-5-15(20)6-4-13/h3-11H,12H2,1-2H3/b14-11+. The quantitative estimate of drug-likeness (QED) is 0.466. The van der Waals surface area contributed by atoms with Crippen LogP contribution >= 0.6 is 11.6 Å². The summed E-state index contributed by atoms with van der Waals surface area (Å²) in [6, 6.07) is 13.7. The number of ether oxygens (including phenoxy) is 2. The lowest BCUT2D eigenvalue weighted by molar-refractivity contribution is -0.136. The molecule has 1 heterocycles. The van der Waals surface area contributed by atoms with Gasteiger partial charge >= 0.3 is 11.7 Å². The zero-order valence-corrected chi connectivity index (χ0v) is 16.0. The summed E-state index contributed by atoms with van der Waals surface area (Å²) in [5, 5.41) is 8.32. The molecule has 9 heteroatoms. The second kappa shape index (κ2) is 8.53. The third kappa shape index (κ3) is 4.29. The summed E-state index contributed by atoms with van der Waals surface area (Å²) in [6.45, 7) is -0.0930. The number of esters is 1. The second-order valence-electron chi connectivity index (χ2n) is 5.74. The van der Waals surface area contributed by atoms with Crippen LogP contribution in [0.1, 0.15) is 5.56 Å². The Balaban J connectivity index is 1.91. The van der Waals surface area contributed by atoms with Gasteiger partial charge in [-0.1, -0.05) is 23.7 Å². The number of carbonyl (C=O) groups is 1. The molecule has 0 N–H and O–H groups in total. The maximum absolute atomic E-state index is 12.6. The summed E-state index contributed by atoms with van der Waals surface area (Å²) < 4.78 is 12.1. The summed E-state index contributed by atoms with van der Waals surface area (Å²) in [6.07, 6.45) is 1.61. The van der Waals surface area contributed by atoms with E-state index in [2.05, 4.69) is 10.4 Å². The summed E-state index contributed by atoms with van der Waals surface area (Å²) >= 11 is 5.88. The molecule has 0 bridgehead atoms. The number of nitrogens with zero attached hydrogens (tertiary/aromatic N) is 4. The van der Waals surface area contributed by atoms with Crippen molar-refractivity contribution < 1.29 is 14.3 Å². The minimum absolute atomic E-state index is 0.0930. The summed E-state index contributed by atoms with van der Waals surface area (Å²) in [4.78, 5) is 24.8. The number of rotatable bonds is 6. The van der Waals surface area contributed by atoms with Crippen LogP contribution in [0.3, 0.4) is 0 Å². The van der Waals surface area contributed by atoms with E-state index in [4.69, 9.17) is 21.1 Å². The molecule has 0 atom stereocenters. The molecule has 0 amide bonds. The van der Waals surface area contributed by atoms with Crippen LogP contribution < -0.4 is 10.4 Å². The third-order valence-corrected chi connectivity index (χ3v) is 4.19. The summed E-state index contributed by atoms with van der Waals surface area (Å²) in [5.74, 6) is 0.0870. The molecule has 3 rings (SSSR count). The molecule has 0 fully saturated rings. The van der Waals surface area contributed by atoms with E-state index in [-0.39, 0.29) is 12.1 Å². The first-order valence-electron chi connectivity index (χ1n) is 8.23. The molecule has 144 valence electrons. The van der Waals surface area contributed by atoms with Crippen molar-refractivity contribution in [3.63, 3.8) is 0 Å². The highest BCUT2D eigenvalue weighted by Crippen LogP contribution is 2.15. The van der Waals surface area contributed by atoms with Gasteiger partial charge in [0.2, 0.25) is 0 Å². The fourth-order valence-electron chi connectivity index (χ4n) is 2.48. The van der Waals surface area contributed by atoms with Crippen LogP contribution in [0.5, 0.6) is 5.75 Å². The van der Waals surface area contributed by atoms with E-state index in [1.165, 1.54) is 7.11 Å². The number of carbonyl (C=O) groups excluding carboxylic acids is 1. The van der Waals surface area contributed by atoms with Crippen molar-refractivity contribution in [2.75, 3.05) is 14.2 Å². The number of tetrazole rings is 1. The Morgan fingerprint density at radius 3 is 2.36 bits per heavy atom. The van der Waals surface area contributed by atoms with Crippen LogP contribution in [0.4, 0.5) is 0 Å². The minimum atomic E-state index is -0.569. The molecule has 2 aromatic carbocycles. The van der Waals surface area contributed by atoms with Crippen molar-refractivity contribution in [1.29, 1.82) is 0 Å². The third-order valence-electron chi connectivity index (χ3n) is 3.93. The maximum Gasteiger partial charge on any atom is 0.368 e. The van der Waals surface area contributed by atoms with Crippen LogP contribution in [0.2, 0.25) is 5.02 Å². The van der Waals surface area contributed by atoms with Crippen LogP contribution in [0, 0.1) is 0 Å². The molecule has 3 aromatic rings. The Bertz CT molecular complexity index is 1050.